The maximum Gasteiger partial charge on any atom is 0.242 e. The lowest BCUT2D eigenvalue weighted by atomic mass is 9.94. The van der Waals surface area contributed by atoms with Gasteiger partial charge in [0.1, 0.15) is 18.3 Å². The van der Waals surface area contributed by atoms with Crippen molar-refractivity contribution in [3.63, 3.8) is 0 Å². The normalized spacial score (nSPS) is 18.0. The first-order chi connectivity index (χ1) is 12.7. The van der Waals surface area contributed by atoms with Crippen molar-refractivity contribution in [1.29, 1.82) is 0 Å². The van der Waals surface area contributed by atoms with Crippen LogP contribution < -0.4 is 15.4 Å². The zero-order chi connectivity index (χ0) is 18.1. The first-order valence-electron chi connectivity index (χ1n) is 8.83. The topological polar surface area (TPSA) is 74.8 Å². The monoisotopic (exact) mass is 356 g/mol. The van der Waals surface area contributed by atoms with Crippen LogP contribution in [0.1, 0.15) is 12.8 Å². The van der Waals surface area contributed by atoms with Crippen LogP contribution >= 0.6 is 0 Å². The molecule has 1 saturated heterocycles. The molecule has 2 aromatic rings. The number of hydrogen-bond donors (Lipinski definition) is 1. The number of methoxy groups -OCH3 is 1. The Kier molecular flexibility index (Phi) is 4.36. The number of nitrogens with two attached hydrogens (primary N) is 1. The summed E-state index contributed by atoms with van der Waals surface area (Å²) < 4.78 is 18.3. The molecule has 1 fully saturated rings. The number of benzene rings is 1. The Labute approximate surface area is 152 Å². The van der Waals surface area contributed by atoms with Crippen molar-refractivity contribution in [2.24, 2.45) is 13.0 Å². The van der Waals surface area contributed by atoms with Crippen LogP contribution in [-0.4, -0.2) is 36.3 Å². The van der Waals surface area contributed by atoms with Gasteiger partial charge in [0.2, 0.25) is 6.29 Å². The number of piperidine rings is 1. The van der Waals surface area contributed by atoms with E-state index >= 15 is 0 Å². The number of aryl methyl sites for hydroxylation is 1. The molecule has 0 bridgehead atoms. The van der Waals surface area contributed by atoms with Crippen molar-refractivity contribution in [3.05, 3.63) is 37.1 Å². The summed E-state index contributed by atoms with van der Waals surface area (Å²) in [5.41, 5.74) is 10.0. The van der Waals surface area contributed by atoms with Crippen LogP contribution in [0.15, 0.2) is 37.1 Å². The maximum atomic E-state index is 6.17. The van der Waals surface area contributed by atoms with Crippen molar-refractivity contribution < 1.29 is 14.2 Å². The van der Waals surface area contributed by atoms with E-state index in [0.717, 1.165) is 42.7 Å². The average molecular weight is 356 g/mol. The third-order valence-corrected chi connectivity index (χ3v) is 5.11. The lowest BCUT2D eigenvalue weighted by Gasteiger charge is -2.36. The summed E-state index contributed by atoms with van der Waals surface area (Å²) >= 11 is 0. The fourth-order valence-corrected chi connectivity index (χ4v) is 3.70. The van der Waals surface area contributed by atoms with Gasteiger partial charge in [-0.1, -0.05) is 0 Å². The van der Waals surface area contributed by atoms with E-state index in [4.69, 9.17) is 19.9 Å². The summed E-state index contributed by atoms with van der Waals surface area (Å²) in [6, 6.07) is 4.01. The molecule has 26 heavy (non-hydrogen) atoms. The summed E-state index contributed by atoms with van der Waals surface area (Å²) in [6.07, 6.45) is 8.99. The van der Waals surface area contributed by atoms with E-state index in [0.29, 0.717) is 17.4 Å². The van der Waals surface area contributed by atoms with Gasteiger partial charge in [0.15, 0.2) is 0 Å². The van der Waals surface area contributed by atoms with E-state index < -0.39 is 0 Å². The minimum absolute atomic E-state index is 0.143. The molecule has 0 saturated carbocycles. The van der Waals surface area contributed by atoms with Crippen LogP contribution in [0.2, 0.25) is 0 Å². The second-order valence-corrected chi connectivity index (χ2v) is 6.75. The molecule has 1 aromatic heterocycles. The highest BCUT2D eigenvalue weighted by molar-refractivity contribution is 5.83. The lowest BCUT2D eigenvalue weighted by Crippen LogP contribution is -2.38. The molecule has 138 valence electrons. The number of nitrogen functional groups attached to an aromatic ring is 1. The largest absolute Gasteiger partial charge is 0.495 e. The van der Waals surface area contributed by atoms with Gasteiger partial charge in [-0.25, -0.2) is 0 Å². The molecule has 7 heteroatoms. The molecule has 7 nitrogen and oxygen atoms in total. The minimum atomic E-state index is -0.143. The molecule has 2 aliphatic heterocycles. The number of nitrogens with zero attached hydrogens (tertiary/aromatic N) is 3. The Hall–Kier alpha value is -2.83. The third kappa shape index (κ3) is 3.05. The molecule has 2 aliphatic rings. The summed E-state index contributed by atoms with van der Waals surface area (Å²) in [5.74, 6) is 1.10. The van der Waals surface area contributed by atoms with Gasteiger partial charge < -0.3 is 24.8 Å². The summed E-state index contributed by atoms with van der Waals surface area (Å²) in [5, 5.41) is 4.30. The standard InChI is InChI=1S/C19H24N4O3/c1-22-12-14(11-21-22)15-9-16(20)18(24-2)10-17(15)23-5-3-13(4-6-23)19-25-7-8-26-19/h7-13,19H,3-6,20H2,1-2H3. The zero-order valence-electron chi connectivity index (χ0n) is 15.1. The van der Waals surface area contributed by atoms with E-state index in [1.807, 2.05) is 31.6 Å². The van der Waals surface area contributed by atoms with Gasteiger partial charge in [-0.15, -0.1) is 0 Å². The van der Waals surface area contributed by atoms with Crippen LogP contribution in [0.5, 0.6) is 5.75 Å². The van der Waals surface area contributed by atoms with Crippen molar-refractivity contribution >= 4 is 11.4 Å². The van der Waals surface area contributed by atoms with Gasteiger partial charge >= 0.3 is 0 Å². The van der Waals surface area contributed by atoms with Crippen molar-refractivity contribution in [2.75, 3.05) is 30.8 Å². The number of ether oxygens (including phenoxy) is 3. The summed E-state index contributed by atoms with van der Waals surface area (Å²) in [4.78, 5) is 2.38. The summed E-state index contributed by atoms with van der Waals surface area (Å²) in [7, 11) is 3.56. The smallest absolute Gasteiger partial charge is 0.242 e. The quantitative estimate of drug-likeness (QED) is 0.849. The second-order valence-electron chi connectivity index (χ2n) is 6.75. The molecule has 0 atom stereocenters. The molecule has 0 aliphatic carbocycles. The molecule has 1 aromatic carbocycles. The van der Waals surface area contributed by atoms with Crippen molar-refractivity contribution in [2.45, 2.75) is 19.1 Å². The lowest BCUT2D eigenvalue weighted by molar-refractivity contribution is -0.0728. The second kappa shape index (κ2) is 6.82. The highest BCUT2D eigenvalue weighted by Gasteiger charge is 2.31. The Bertz CT molecular complexity index is 801. The van der Waals surface area contributed by atoms with Crippen LogP contribution in [0, 0.1) is 5.92 Å². The summed E-state index contributed by atoms with van der Waals surface area (Å²) in [6.45, 7) is 1.85. The van der Waals surface area contributed by atoms with E-state index in [-0.39, 0.29) is 6.29 Å². The molecule has 0 spiro atoms. The number of aromatic nitrogens is 2. The van der Waals surface area contributed by atoms with E-state index in [9.17, 15) is 0 Å². The minimum Gasteiger partial charge on any atom is -0.495 e. The average Bonchev–Trinajstić information content (AvgIpc) is 3.33. The first-order valence-corrected chi connectivity index (χ1v) is 8.83. The molecule has 0 radical (unpaired) electrons. The van der Waals surface area contributed by atoms with Crippen molar-refractivity contribution in [1.82, 2.24) is 9.78 Å². The SMILES string of the molecule is COc1cc(N2CCC(C3OC=CO3)CC2)c(-c2cnn(C)c2)cc1N. The maximum absolute atomic E-state index is 6.17. The number of rotatable bonds is 4. The molecule has 2 N–H and O–H groups in total. The molecule has 3 heterocycles. The van der Waals surface area contributed by atoms with Gasteiger partial charge in [0.25, 0.3) is 0 Å². The van der Waals surface area contributed by atoms with Crippen LogP contribution in [0.3, 0.4) is 0 Å². The van der Waals surface area contributed by atoms with Crippen molar-refractivity contribution in [3.8, 4) is 16.9 Å². The van der Waals surface area contributed by atoms with Gasteiger partial charge in [0, 0.05) is 55.1 Å². The molecule has 0 amide bonds. The Morgan fingerprint density at radius 1 is 1.19 bits per heavy atom. The van der Waals surface area contributed by atoms with Gasteiger partial charge in [-0.05, 0) is 18.9 Å². The highest BCUT2D eigenvalue weighted by Crippen LogP contribution is 2.40. The fraction of sp³-hybridized carbons (Fsp3) is 0.421. The third-order valence-electron chi connectivity index (χ3n) is 5.11. The molecule has 0 unspecified atom stereocenters. The van der Waals surface area contributed by atoms with Gasteiger partial charge in [0.05, 0.1) is 19.0 Å². The number of anilines is 2. The fourth-order valence-electron chi connectivity index (χ4n) is 3.70. The van der Waals surface area contributed by atoms with Gasteiger partial charge in [-0.3, -0.25) is 4.68 Å². The van der Waals surface area contributed by atoms with Crippen LogP contribution in [0.4, 0.5) is 11.4 Å². The van der Waals surface area contributed by atoms with Gasteiger partial charge in [-0.2, -0.15) is 5.10 Å². The Balaban J connectivity index is 1.60. The van der Waals surface area contributed by atoms with Crippen LogP contribution in [-0.2, 0) is 16.5 Å². The number of hydrogen-bond acceptors (Lipinski definition) is 6. The predicted octanol–water partition coefficient (Wildman–Crippen LogP) is 2.74. The Morgan fingerprint density at radius 3 is 2.54 bits per heavy atom. The van der Waals surface area contributed by atoms with E-state index in [2.05, 4.69) is 10.00 Å². The molecule has 4 rings (SSSR count). The molecular formula is C19H24N4O3. The zero-order valence-corrected chi connectivity index (χ0v) is 15.1. The molecular weight excluding hydrogens is 332 g/mol. The first kappa shape index (κ1) is 16.6. The highest BCUT2D eigenvalue weighted by atomic mass is 16.7. The Morgan fingerprint density at radius 2 is 1.92 bits per heavy atom. The predicted molar refractivity (Wildman–Crippen MR) is 99.6 cm³/mol. The van der Waals surface area contributed by atoms with Crippen LogP contribution in [0.25, 0.3) is 11.1 Å². The van der Waals surface area contributed by atoms with E-state index in [1.54, 1.807) is 24.3 Å². The van der Waals surface area contributed by atoms with E-state index in [1.165, 1.54) is 0 Å².